The molecule has 0 spiro atoms. The first-order valence-corrected chi connectivity index (χ1v) is 8.85. The van der Waals surface area contributed by atoms with Crippen molar-refractivity contribution in [1.29, 1.82) is 0 Å². The summed E-state index contributed by atoms with van der Waals surface area (Å²) >= 11 is 0. The second-order valence-electron chi connectivity index (χ2n) is 6.24. The highest BCUT2D eigenvalue weighted by Gasteiger charge is 2.18. The van der Waals surface area contributed by atoms with Gasteiger partial charge in [0.2, 0.25) is 0 Å². The molecule has 0 heterocycles. The molecule has 2 heteroatoms. The fourth-order valence-electron chi connectivity index (χ4n) is 3.39. The average molecular weight is 262 g/mol. The molecule has 0 aromatic carbocycles. The van der Waals surface area contributed by atoms with E-state index in [4.69, 9.17) is 0 Å². The SMILES string of the molecule is CC=C(CB(CCC)CCC)CB(CCC)CCC. The maximum absolute atomic E-state index is 2.41. The zero-order valence-electron chi connectivity index (χ0n) is 14.3. The van der Waals surface area contributed by atoms with Crippen LogP contribution in [0.4, 0.5) is 0 Å². The fourth-order valence-corrected chi connectivity index (χ4v) is 3.39. The maximum atomic E-state index is 2.41. The van der Waals surface area contributed by atoms with E-state index in [1.807, 2.05) is 0 Å². The van der Waals surface area contributed by atoms with E-state index in [0.29, 0.717) is 0 Å². The lowest BCUT2D eigenvalue weighted by Crippen LogP contribution is -2.17. The van der Waals surface area contributed by atoms with Crippen LogP contribution < -0.4 is 0 Å². The van der Waals surface area contributed by atoms with Gasteiger partial charge in [0.05, 0.1) is 0 Å². The summed E-state index contributed by atoms with van der Waals surface area (Å²) in [5, 5.41) is 0. The Labute approximate surface area is 124 Å². The first kappa shape index (κ1) is 18.9. The Kier molecular flexibility index (Phi) is 12.8. The van der Waals surface area contributed by atoms with Gasteiger partial charge in [0, 0.05) is 0 Å². The average Bonchev–Trinajstić information content (AvgIpc) is 2.39. The number of hydrogen-bond acceptors (Lipinski definition) is 0. The van der Waals surface area contributed by atoms with Gasteiger partial charge in [-0.15, -0.1) is 0 Å². The third kappa shape index (κ3) is 9.41. The molecule has 0 bridgehead atoms. The third-order valence-corrected chi connectivity index (χ3v) is 4.30. The topological polar surface area (TPSA) is 0 Å². The highest BCUT2D eigenvalue weighted by atomic mass is 14.0. The van der Waals surface area contributed by atoms with Crippen LogP contribution in [-0.2, 0) is 0 Å². The highest BCUT2D eigenvalue weighted by Crippen LogP contribution is 2.23. The largest absolute Gasteiger partial charge is 0.144 e. The van der Waals surface area contributed by atoms with Gasteiger partial charge in [-0.1, -0.05) is 103 Å². The molecule has 0 unspecified atom stereocenters. The van der Waals surface area contributed by atoms with Crippen molar-refractivity contribution in [1.82, 2.24) is 0 Å². The smallest absolute Gasteiger partial charge is 0.0898 e. The van der Waals surface area contributed by atoms with Crippen LogP contribution in [-0.4, -0.2) is 13.4 Å². The van der Waals surface area contributed by atoms with Crippen molar-refractivity contribution < 1.29 is 0 Å². The summed E-state index contributed by atoms with van der Waals surface area (Å²) in [6.45, 7) is 13.4. The summed E-state index contributed by atoms with van der Waals surface area (Å²) in [6, 6.07) is 0. The summed E-state index contributed by atoms with van der Waals surface area (Å²) in [5.41, 5.74) is 1.74. The van der Waals surface area contributed by atoms with Crippen LogP contribution in [0.3, 0.4) is 0 Å². The second kappa shape index (κ2) is 12.9. The van der Waals surface area contributed by atoms with Crippen LogP contribution in [0.15, 0.2) is 11.6 Å². The molecule has 0 aromatic rings. The summed E-state index contributed by atoms with van der Waals surface area (Å²) in [5.74, 6) is 0. The summed E-state index contributed by atoms with van der Waals surface area (Å²) in [7, 11) is 0. The molecule has 0 radical (unpaired) electrons. The van der Waals surface area contributed by atoms with Crippen molar-refractivity contribution in [2.45, 2.75) is 98.2 Å². The van der Waals surface area contributed by atoms with Crippen molar-refractivity contribution in [3.05, 3.63) is 11.6 Å². The summed E-state index contributed by atoms with van der Waals surface area (Å²) in [4.78, 5) is 0. The molecular weight excluding hydrogens is 226 g/mol. The third-order valence-electron chi connectivity index (χ3n) is 4.30. The molecule has 0 fully saturated rings. The zero-order chi connectivity index (χ0) is 14.5. The van der Waals surface area contributed by atoms with Gasteiger partial charge in [-0.2, -0.15) is 0 Å². The van der Waals surface area contributed by atoms with Gasteiger partial charge >= 0.3 is 0 Å². The van der Waals surface area contributed by atoms with Crippen molar-refractivity contribution in [2.75, 3.05) is 0 Å². The quantitative estimate of drug-likeness (QED) is 0.276. The summed E-state index contributed by atoms with van der Waals surface area (Å²) < 4.78 is 0. The van der Waals surface area contributed by atoms with E-state index in [2.05, 4.69) is 40.7 Å². The van der Waals surface area contributed by atoms with Gasteiger partial charge in [-0.25, -0.2) is 0 Å². The molecule has 0 aliphatic heterocycles. The molecule has 110 valence electrons. The van der Waals surface area contributed by atoms with Crippen LogP contribution in [0.1, 0.15) is 60.3 Å². The molecule has 0 saturated heterocycles. The first-order valence-electron chi connectivity index (χ1n) is 8.85. The predicted octanol–water partition coefficient (Wildman–Crippen LogP) is 6.56. The van der Waals surface area contributed by atoms with Crippen molar-refractivity contribution in [3.63, 3.8) is 0 Å². The highest BCUT2D eigenvalue weighted by molar-refractivity contribution is 6.61. The van der Waals surface area contributed by atoms with E-state index in [9.17, 15) is 0 Å². The Morgan fingerprint density at radius 3 is 1.21 bits per heavy atom. The van der Waals surface area contributed by atoms with Gasteiger partial charge in [-0.05, 0) is 6.92 Å². The number of allylic oxidation sites excluding steroid dienone is 2. The lowest BCUT2D eigenvalue weighted by molar-refractivity contribution is 0.981. The second-order valence-corrected chi connectivity index (χ2v) is 6.24. The lowest BCUT2D eigenvalue weighted by atomic mass is 9.36. The van der Waals surface area contributed by atoms with E-state index >= 15 is 0 Å². The zero-order valence-corrected chi connectivity index (χ0v) is 14.3. The number of rotatable bonds is 12. The standard InChI is InChI=1S/C17H36B2/c1-6-11-18(12-7-2)15-17(10-5)16-19(13-8-3)14-9-4/h10H,6-9,11-16H2,1-5H3. The van der Waals surface area contributed by atoms with E-state index in [1.54, 1.807) is 5.57 Å². The van der Waals surface area contributed by atoms with Crippen LogP contribution in [0.5, 0.6) is 0 Å². The molecule has 0 N–H and O–H groups in total. The van der Waals surface area contributed by atoms with Gasteiger partial charge in [0.15, 0.2) is 0 Å². The van der Waals surface area contributed by atoms with E-state index in [1.165, 1.54) is 63.6 Å². The van der Waals surface area contributed by atoms with Crippen LogP contribution in [0.25, 0.3) is 0 Å². The van der Waals surface area contributed by atoms with Gasteiger partial charge in [0.25, 0.3) is 0 Å². The van der Waals surface area contributed by atoms with Crippen molar-refractivity contribution >= 4 is 13.4 Å². The Hall–Kier alpha value is -0.130. The van der Waals surface area contributed by atoms with Crippen molar-refractivity contribution in [2.24, 2.45) is 0 Å². The Morgan fingerprint density at radius 1 is 0.684 bits per heavy atom. The Bertz CT molecular complexity index is 191. The normalized spacial score (nSPS) is 10.4. The molecule has 0 aliphatic rings. The molecular formula is C17H36B2. The van der Waals surface area contributed by atoms with Crippen molar-refractivity contribution in [3.8, 4) is 0 Å². The molecule has 0 saturated carbocycles. The Morgan fingerprint density at radius 2 is 1.00 bits per heavy atom. The maximum Gasteiger partial charge on any atom is 0.144 e. The molecule has 0 nitrogen and oxygen atoms in total. The monoisotopic (exact) mass is 262 g/mol. The molecule has 0 rings (SSSR count). The molecule has 0 atom stereocenters. The van der Waals surface area contributed by atoms with E-state index in [-0.39, 0.29) is 0 Å². The number of hydrogen-bond donors (Lipinski definition) is 0. The molecule has 0 aliphatic carbocycles. The molecule has 0 aromatic heterocycles. The summed E-state index contributed by atoms with van der Waals surface area (Å²) in [6.07, 6.45) is 16.2. The predicted molar refractivity (Wildman–Crippen MR) is 95.3 cm³/mol. The minimum atomic E-state index is 0.935. The Balaban J connectivity index is 4.37. The fraction of sp³-hybridized carbons (Fsp3) is 0.882. The molecule has 19 heavy (non-hydrogen) atoms. The minimum Gasteiger partial charge on any atom is -0.0898 e. The van der Waals surface area contributed by atoms with E-state index in [0.717, 1.165) is 13.4 Å². The minimum absolute atomic E-state index is 0.935. The van der Waals surface area contributed by atoms with Gasteiger partial charge in [0.1, 0.15) is 13.4 Å². The van der Waals surface area contributed by atoms with Gasteiger partial charge in [-0.3, -0.25) is 0 Å². The van der Waals surface area contributed by atoms with Crippen LogP contribution in [0, 0.1) is 0 Å². The van der Waals surface area contributed by atoms with Gasteiger partial charge < -0.3 is 0 Å². The molecule has 0 amide bonds. The van der Waals surface area contributed by atoms with Crippen LogP contribution in [0.2, 0.25) is 37.9 Å². The van der Waals surface area contributed by atoms with Crippen LogP contribution >= 0.6 is 0 Å². The lowest BCUT2D eigenvalue weighted by Gasteiger charge is -2.18. The first-order chi connectivity index (χ1) is 9.21. The van der Waals surface area contributed by atoms with E-state index < -0.39 is 0 Å².